The van der Waals surface area contributed by atoms with E-state index in [0.717, 1.165) is 37.6 Å². The third-order valence-electron chi connectivity index (χ3n) is 3.71. The molecule has 2 rings (SSSR count). The van der Waals surface area contributed by atoms with Crippen LogP contribution in [0.3, 0.4) is 0 Å². The van der Waals surface area contributed by atoms with Gasteiger partial charge in [0, 0.05) is 26.2 Å². The normalized spacial score (nSPS) is 16.1. The Morgan fingerprint density at radius 2 is 1.80 bits per heavy atom. The van der Waals surface area contributed by atoms with Crippen LogP contribution < -0.4 is 14.8 Å². The average Bonchev–Trinajstić information content (AvgIpc) is 2.52. The molecule has 1 N–H and O–H groups in total. The molecule has 1 saturated heterocycles. The van der Waals surface area contributed by atoms with Gasteiger partial charge in [-0.2, -0.15) is 0 Å². The van der Waals surface area contributed by atoms with Crippen molar-refractivity contribution in [3.05, 3.63) is 23.8 Å². The number of methoxy groups -OCH3 is 2. The van der Waals surface area contributed by atoms with E-state index < -0.39 is 0 Å². The van der Waals surface area contributed by atoms with E-state index in [-0.39, 0.29) is 0 Å². The lowest BCUT2D eigenvalue weighted by Gasteiger charge is -2.24. The zero-order valence-electron chi connectivity index (χ0n) is 12.5. The first-order valence-electron chi connectivity index (χ1n) is 7.35. The predicted molar refractivity (Wildman–Crippen MR) is 79.8 cm³/mol. The van der Waals surface area contributed by atoms with Crippen LogP contribution in [0.1, 0.15) is 30.7 Å². The van der Waals surface area contributed by atoms with Crippen LogP contribution in [0.5, 0.6) is 11.5 Å². The third kappa shape index (κ3) is 4.39. The van der Waals surface area contributed by atoms with Gasteiger partial charge in [-0.15, -0.1) is 0 Å². The van der Waals surface area contributed by atoms with Gasteiger partial charge in [0.25, 0.3) is 0 Å². The lowest BCUT2D eigenvalue weighted by Crippen LogP contribution is -2.26. The first-order valence-corrected chi connectivity index (χ1v) is 7.35. The molecule has 1 aliphatic heterocycles. The molecule has 4 nitrogen and oxygen atoms in total. The van der Waals surface area contributed by atoms with Gasteiger partial charge in [0.1, 0.15) is 11.5 Å². The zero-order chi connectivity index (χ0) is 14.2. The number of benzene rings is 1. The first-order chi connectivity index (χ1) is 9.83. The Morgan fingerprint density at radius 3 is 2.50 bits per heavy atom. The summed E-state index contributed by atoms with van der Waals surface area (Å²) in [6, 6.07) is 6.25. The smallest absolute Gasteiger partial charge is 0.123 e. The van der Waals surface area contributed by atoms with Gasteiger partial charge in [-0.3, -0.25) is 0 Å². The molecular weight excluding hydrogens is 254 g/mol. The summed E-state index contributed by atoms with van der Waals surface area (Å²) in [7, 11) is 3.41. The van der Waals surface area contributed by atoms with E-state index in [2.05, 4.69) is 17.4 Å². The van der Waals surface area contributed by atoms with Crippen LogP contribution in [-0.4, -0.2) is 40.5 Å². The molecule has 0 unspecified atom stereocenters. The fourth-order valence-corrected chi connectivity index (χ4v) is 2.58. The SMILES string of the molecule is COCCCOc1cc(OC)cc(C2CCNCC2)c1. The molecular formula is C16H25NO3. The average molecular weight is 279 g/mol. The molecule has 20 heavy (non-hydrogen) atoms. The van der Waals surface area contributed by atoms with E-state index in [1.807, 2.05) is 6.07 Å². The Bertz CT molecular complexity index is 403. The zero-order valence-corrected chi connectivity index (χ0v) is 12.5. The molecule has 0 atom stereocenters. The summed E-state index contributed by atoms with van der Waals surface area (Å²) in [6.45, 7) is 3.58. The molecule has 0 saturated carbocycles. The van der Waals surface area contributed by atoms with Crippen LogP contribution in [0, 0.1) is 0 Å². The highest BCUT2D eigenvalue weighted by atomic mass is 16.5. The summed E-state index contributed by atoms with van der Waals surface area (Å²) < 4.78 is 16.2. The summed E-state index contributed by atoms with van der Waals surface area (Å²) >= 11 is 0. The van der Waals surface area contributed by atoms with Crippen LogP contribution in [0.25, 0.3) is 0 Å². The first kappa shape index (κ1) is 15.1. The second-order valence-corrected chi connectivity index (χ2v) is 5.16. The van der Waals surface area contributed by atoms with E-state index in [9.17, 15) is 0 Å². The quantitative estimate of drug-likeness (QED) is 0.779. The van der Waals surface area contributed by atoms with E-state index >= 15 is 0 Å². The van der Waals surface area contributed by atoms with Gasteiger partial charge in [-0.1, -0.05) is 0 Å². The van der Waals surface area contributed by atoms with Crippen molar-refractivity contribution in [3.8, 4) is 11.5 Å². The molecule has 4 heteroatoms. The molecule has 0 aliphatic carbocycles. The summed E-state index contributed by atoms with van der Waals surface area (Å²) in [5.74, 6) is 2.38. The predicted octanol–water partition coefficient (Wildman–Crippen LogP) is 2.58. The van der Waals surface area contributed by atoms with Gasteiger partial charge in [0.15, 0.2) is 0 Å². The highest BCUT2D eigenvalue weighted by Gasteiger charge is 2.17. The van der Waals surface area contributed by atoms with Crippen molar-refractivity contribution >= 4 is 0 Å². The van der Waals surface area contributed by atoms with Crippen LogP contribution in [0.2, 0.25) is 0 Å². The summed E-state index contributed by atoms with van der Waals surface area (Å²) in [4.78, 5) is 0. The molecule has 1 heterocycles. The minimum atomic E-state index is 0.604. The fraction of sp³-hybridized carbons (Fsp3) is 0.625. The van der Waals surface area contributed by atoms with Gasteiger partial charge in [-0.05, 0) is 49.5 Å². The van der Waals surface area contributed by atoms with E-state index in [1.165, 1.54) is 18.4 Å². The van der Waals surface area contributed by atoms with Crippen molar-refractivity contribution in [2.45, 2.75) is 25.2 Å². The Balaban J connectivity index is 2.03. The fourth-order valence-electron chi connectivity index (χ4n) is 2.58. The van der Waals surface area contributed by atoms with E-state index in [1.54, 1.807) is 14.2 Å². The van der Waals surface area contributed by atoms with Crippen molar-refractivity contribution in [2.75, 3.05) is 40.5 Å². The number of hydrogen-bond donors (Lipinski definition) is 1. The van der Waals surface area contributed by atoms with Crippen molar-refractivity contribution in [1.29, 1.82) is 0 Å². The molecule has 1 aromatic carbocycles. The molecule has 0 radical (unpaired) electrons. The molecule has 0 amide bonds. The molecule has 1 aromatic rings. The van der Waals surface area contributed by atoms with Gasteiger partial charge < -0.3 is 19.5 Å². The van der Waals surface area contributed by atoms with Crippen molar-refractivity contribution in [2.24, 2.45) is 0 Å². The molecule has 1 aliphatic rings. The summed E-state index contributed by atoms with van der Waals surface area (Å²) in [6.07, 6.45) is 3.25. The minimum Gasteiger partial charge on any atom is -0.497 e. The summed E-state index contributed by atoms with van der Waals surface area (Å²) in [5, 5.41) is 3.40. The number of rotatable bonds is 7. The molecule has 0 spiro atoms. The second-order valence-electron chi connectivity index (χ2n) is 5.16. The lowest BCUT2D eigenvalue weighted by molar-refractivity contribution is 0.172. The van der Waals surface area contributed by atoms with Crippen LogP contribution >= 0.6 is 0 Å². The number of piperidine rings is 1. The topological polar surface area (TPSA) is 39.7 Å². The Labute approximate surface area is 121 Å². The molecule has 0 aromatic heterocycles. The van der Waals surface area contributed by atoms with E-state index in [0.29, 0.717) is 12.5 Å². The molecule has 0 bridgehead atoms. The highest BCUT2D eigenvalue weighted by molar-refractivity contribution is 5.40. The number of hydrogen-bond acceptors (Lipinski definition) is 4. The maximum atomic E-state index is 5.81. The van der Waals surface area contributed by atoms with Crippen molar-refractivity contribution < 1.29 is 14.2 Å². The Hall–Kier alpha value is -1.26. The van der Waals surface area contributed by atoms with E-state index in [4.69, 9.17) is 14.2 Å². The van der Waals surface area contributed by atoms with Gasteiger partial charge in [-0.25, -0.2) is 0 Å². The lowest BCUT2D eigenvalue weighted by atomic mass is 9.90. The largest absolute Gasteiger partial charge is 0.497 e. The maximum absolute atomic E-state index is 5.81. The molecule has 112 valence electrons. The number of ether oxygens (including phenoxy) is 3. The second kappa shape index (κ2) is 8.12. The summed E-state index contributed by atoms with van der Waals surface area (Å²) in [5.41, 5.74) is 1.33. The van der Waals surface area contributed by atoms with Gasteiger partial charge in [0.2, 0.25) is 0 Å². The Kier molecular flexibility index (Phi) is 6.15. The third-order valence-corrected chi connectivity index (χ3v) is 3.71. The maximum Gasteiger partial charge on any atom is 0.123 e. The van der Waals surface area contributed by atoms with Gasteiger partial charge >= 0.3 is 0 Å². The van der Waals surface area contributed by atoms with Crippen LogP contribution in [0.15, 0.2) is 18.2 Å². The number of nitrogens with one attached hydrogen (secondary N) is 1. The molecule has 1 fully saturated rings. The Morgan fingerprint density at radius 1 is 1.05 bits per heavy atom. The van der Waals surface area contributed by atoms with Gasteiger partial charge in [0.05, 0.1) is 13.7 Å². The van der Waals surface area contributed by atoms with Crippen molar-refractivity contribution in [1.82, 2.24) is 5.32 Å². The monoisotopic (exact) mass is 279 g/mol. The van der Waals surface area contributed by atoms with Crippen LogP contribution in [0.4, 0.5) is 0 Å². The standard InChI is InChI=1S/C16H25NO3/c1-18-8-3-9-20-16-11-14(10-15(12-16)19-2)13-4-6-17-7-5-13/h10-13,17H,3-9H2,1-2H3. The van der Waals surface area contributed by atoms with Crippen LogP contribution in [-0.2, 0) is 4.74 Å². The highest BCUT2D eigenvalue weighted by Crippen LogP contribution is 2.32. The van der Waals surface area contributed by atoms with Crippen molar-refractivity contribution in [3.63, 3.8) is 0 Å². The minimum absolute atomic E-state index is 0.604.